The molecule has 0 aromatic heterocycles. The van der Waals surface area contributed by atoms with Crippen LogP contribution in [0.1, 0.15) is 65.7 Å². The third kappa shape index (κ3) is 9.86. The van der Waals surface area contributed by atoms with Crippen LogP contribution in [0.5, 0.6) is 0 Å². The normalized spacial score (nSPS) is 15.0. The molecular formula is C15H33NO2. The number of nitrogens with two attached hydrogens (primary N) is 1. The van der Waals surface area contributed by atoms with Crippen LogP contribution in [0, 0.1) is 5.92 Å². The largest absolute Gasteiger partial charge is 0.394 e. The molecule has 110 valence electrons. The molecule has 0 aliphatic carbocycles. The minimum atomic E-state index is -0.192. The molecule has 0 rings (SSSR count). The number of rotatable bonds is 12. The minimum absolute atomic E-state index is 0.0315. The zero-order chi connectivity index (χ0) is 13.8. The molecule has 0 heterocycles. The van der Waals surface area contributed by atoms with E-state index in [0.717, 1.165) is 19.4 Å². The van der Waals surface area contributed by atoms with Crippen LogP contribution in [0.2, 0.25) is 0 Å². The summed E-state index contributed by atoms with van der Waals surface area (Å²) in [6, 6.07) is -0.0462. The van der Waals surface area contributed by atoms with Crippen molar-refractivity contribution in [3.8, 4) is 0 Å². The monoisotopic (exact) mass is 259 g/mol. The van der Waals surface area contributed by atoms with Crippen molar-refractivity contribution in [3.63, 3.8) is 0 Å². The summed E-state index contributed by atoms with van der Waals surface area (Å²) in [6.07, 6.45) is 8.25. The highest BCUT2D eigenvalue weighted by atomic mass is 16.5. The van der Waals surface area contributed by atoms with Gasteiger partial charge < -0.3 is 15.6 Å². The number of unbranched alkanes of at least 4 members (excludes halogenated alkanes) is 5. The van der Waals surface area contributed by atoms with E-state index >= 15 is 0 Å². The molecule has 0 bridgehead atoms. The quantitative estimate of drug-likeness (QED) is 0.530. The van der Waals surface area contributed by atoms with Gasteiger partial charge in [-0.1, -0.05) is 52.9 Å². The van der Waals surface area contributed by atoms with Crippen LogP contribution >= 0.6 is 0 Å². The van der Waals surface area contributed by atoms with Gasteiger partial charge in [0.05, 0.1) is 12.7 Å². The first-order valence-corrected chi connectivity index (χ1v) is 7.59. The Labute approximate surface area is 113 Å². The second-order valence-electron chi connectivity index (χ2n) is 5.65. The predicted molar refractivity (Wildman–Crippen MR) is 77.6 cm³/mol. The summed E-state index contributed by atoms with van der Waals surface area (Å²) >= 11 is 0. The minimum Gasteiger partial charge on any atom is -0.394 e. The van der Waals surface area contributed by atoms with Gasteiger partial charge in [-0.3, -0.25) is 0 Å². The first-order valence-electron chi connectivity index (χ1n) is 7.59. The zero-order valence-corrected chi connectivity index (χ0v) is 12.5. The average molecular weight is 259 g/mol. The van der Waals surface area contributed by atoms with Crippen LogP contribution in [0.4, 0.5) is 0 Å². The van der Waals surface area contributed by atoms with Crippen LogP contribution in [0.15, 0.2) is 0 Å². The number of aliphatic hydroxyl groups excluding tert-OH is 1. The molecule has 2 atom stereocenters. The Hall–Kier alpha value is -0.120. The lowest BCUT2D eigenvalue weighted by Gasteiger charge is -2.23. The van der Waals surface area contributed by atoms with E-state index in [1.807, 2.05) is 0 Å². The van der Waals surface area contributed by atoms with Gasteiger partial charge in [-0.25, -0.2) is 0 Å². The summed E-state index contributed by atoms with van der Waals surface area (Å²) < 4.78 is 5.69. The Morgan fingerprint density at radius 1 is 1.06 bits per heavy atom. The molecule has 0 radical (unpaired) electrons. The molecule has 0 spiro atoms. The first-order chi connectivity index (χ1) is 8.61. The molecule has 18 heavy (non-hydrogen) atoms. The molecule has 3 nitrogen and oxygen atoms in total. The van der Waals surface area contributed by atoms with Gasteiger partial charge in [0, 0.05) is 12.6 Å². The van der Waals surface area contributed by atoms with E-state index in [0.29, 0.717) is 5.92 Å². The van der Waals surface area contributed by atoms with Gasteiger partial charge >= 0.3 is 0 Å². The van der Waals surface area contributed by atoms with Gasteiger partial charge in [0.2, 0.25) is 0 Å². The van der Waals surface area contributed by atoms with Crippen molar-refractivity contribution >= 4 is 0 Å². The van der Waals surface area contributed by atoms with Crippen LogP contribution in [0.3, 0.4) is 0 Å². The van der Waals surface area contributed by atoms with Gasteiger partial charge in [0.1, 0.15) is 0 Å². The van der Waals surface area contributed by atoms with Gasteiger partial charge in [0.15, 0.2) is 0 Å². The van der Waals surface area contributed by atoms with Gasteiger partial charge in [-0.05, 0) is 18.8 Å². The molecular weight excluding hydrogens is 226 g/mol. The Morgan fingerprint density at radius 3 is 2.22 bits per heavy atom. The summed E-state index contributed by atoms with van der Waals surface area (Å²) in [5.41, 5.74) is 6.02. The predicted octanol–water partition coefficient (Wildman–Crippen LogP) is 3.10. The Kier molecular flexibility index (Phi) is 11.9. The summed E-state index contributed by atoms with van der Waals surface area (Å²) in [5.74, 6) is 0.548. The molecule has 2 unspecified atom stereocenters. The molecule has 0 amide bonds. The van der Waals surface area contributed by atoms with E-state index in [1.54, 1.807) is 0 Å². The van der Waals surface area contributed by atoms with E-state index in [1.165, 1.54) is 32.1 Å². The van der Waals surface area contributed by atoms with E-state index in [2.05, 4.69) is 20.8 Å². The van der Waals surface area contributed by atoms with Crippen molar-refractivity contribution in [1.29, 1.82) is 0 Å². The molecule has 3 N–H and O–H groups in total. The maximum Gasteiger partial charge on any atom is 0.0956 e. The fraction of sp³-hybridized carbons (Fsp3) is 1.00. The van der Waals surface area contributed by atoms with Crippen molar-refractivity contribution in [2.24, 2.45) is 11.7 Å². The highest BCUT2D eigenvalue weighted by Crippen LogP contribution is 2.10. The average Bonchev–Trinajstić information content (AvgIpc) is 2.31. The summed E-state index contributed by atoms with van der Waals surface area (Å²) in [5, 5.41) is 9.28. The summed E-state index contributed by atoms with van der Waals surface area (Å²) in [6.45, 7) is 7.27. The van der Waals surface area contributed by atoms with Crippen LogP contribution in [0.25, 0.3) is 0 Å². The van der Waals surface area contributed by atoms with Crippen LogP contribution in [-0.4, -0.2) is 30.5 Å². The highest BCUT2D eigenvalue weighted by Gasteiger charge is 2.18. The lowest BCUT2D eigenvalue weighted by Crippen LogP contribution is -2.40. The molecule has 3 heteroatoms. The van der Waals surface area contributed by atoms with Crippen molar-refractivity contribution in [1.82, 2.24) is 0 Å². The van der Waals surface area contributed by atoms with Gasteiger partial charge in [-0.2, -0.15) is 0 Å². The van der Waals surface area contributed by atoms with E-state index < -0.39 is 0 Å². The maximum absolute atomic E-state index is 9.28. The second kappa shape index (κ2) is 11.9. The van der Waals surface area contributed by atoms with Crippen molar-refractivity contribution in [2.75, 3.05) is 13.2 Å². The van der Waals surface area contributed by atoms with E-state index in [4.69, 9.17) is 10.5 Å². The van der Waals surface area contributed by atoms with Gasteiger partial charge in [-0.15, -0.1) is 0 Å². The molecule has 0 aliphatic rings. The Balaban J connectivity index is 3.55. The van der Waals surface area contributed by atoms with Crippen molar-refractivity contribution in [2.45, 2.75) is 77.9 Å². The van der Waals surface area contributed by atoms with Gasteiger partial charge in [0.25, 0.3) is 0 Å². The Bertz CT molecular complexity index is 174. The number of ether oxygens (including phenoxy) is 1. The second-order valence-corrected chi connectivity index (χ2v) is 5.65. The van der Waals surface area contributed by atoms with E-state index in [-0.39, 0.29) is 18.8 Å². The van der Waals surface area contributed by atoms with Crippen LogP contribution in [-0.2, 0) is 4.74 Å². The molecule has 0 fully saturated rings. The zero-order valence-electron chi connectivity index (χ0n) is 12.5. The molecule has 0 saturated carbocycles. The summed E-state index contributed by atoms with van der Waals surface area (Å²) in [4.78, 5) is 0. The van der Waals surface area contributed by atoms with Crippen LogP contribution < -0.4 is 5.73 Å². The standard InChI is InChI=1S/C15H33NO2/c1-4-5-6-7-8-9-10-18-15(12-17)14(16)11-13(2)3/h13-15,17H,4-12,16H2,1-3H3. The highest BCUT2D eigenvalue weighted by molar-refractivity contribution is 4.74. The number of hydrogen-bond donors (Lipinski definition) is 2. The SMILES string of the molecule is CCCCCCCCOC(CO)C(N)CC(C)C. The first kappa shape index (κ1) is 17.9. The number of aliphatic hydroxyl groups is 1. The molecule has 0 aromatic rings. The molecule has 0 aromatic carbocycles. The maximum atomic E-state index is 9.28. The fourth-order valence-corrected chi connectivity index (χ4v) is 2.12. The Morgan fingerprint density at radius 2 is 1.67 bits per heavy atom. The van der Waals surface area contributed by atoms with Crippen molar-refractivity contribution in [3.05, 3.63) is 0 Å². The van der Waals surface area contributed by atoms with E-state index in [9.17, 15) is 5.11 Å². The topological polar surface area (TPSA) is 55.5 Å². The fourth-order valence-electron chi connectivity index (χ4n) is 2.12. The lowest BCUT2D eigenvalue weighted by atomic mass is 10.0. The number of hydrogen-bond acceptors (Lipinski definition) is 3. The molecule has 0 aliphatic heterocycles. The van der Waals surface area contributed by atoms with Crippen molar-refractivity contribution < 1.29 is 9.84 Å². The third-order valence-electron chi connectivity index (χ3n) is 3.23. The smallest absolute Gasteiger partial charge is 0.0956 e. The lowest BCUT2D eigenvalue weighted by molar-refractivity contribution is -0.00749. The third-order valence-corrected chi connectivity index (χ3v) is 3.23. The summed E-state index contributed by atoms with van der Waals surface area (Å²) in [7, 11) is 0. The molecule has 0 saturated heterocycles.